The molecule has 0 unspecified atom stereocenters. The first kappa shape index (κ1) is 29.7. The maximum Gasteiger partial charge on any atom is 0.164 e. The van der Waals surface area contributed by atoms with Crippen molar-refractivity contribution in [1.82, 2.24) is 24.9 Å². The van der Waals surface area contributed by atoms with E-state index in [1.54, 1.807) is 22.7 Å². The molecular weight excluding hydrogens is 653 g/mol. The van der Waals surface area contributed by atoms with Gasteiger partial charge in [-0.15, -0.1) is 22.7 Å². The molecule has 6 aromatic carbocycles. The number of hydrogen-bond donors (Lipinski definition) is 0. The van der Waals surface area contributed by atoms with Crippen molar-refractivity contribution in [2.75, 3.05) is 0 Å². The zero-order chi connectivity index (χ0) is 33.4. The van der Waals surface area contributed by atoms with Crippen molar-refractivity contribution in [1.29, 1.82) is 5.26 Å². The topological polar surface area (TPSA) is 88.2 Å². The molecule has 0 spiro atoms. The van der Waals surface area contributed by atoms with E-state index in [1.165, 1.54) is 0 Å². The molecule has 0 N–H and O–H groups in total. The Morgan fingerprint density at radius 1 is 0.380 bits per heavy atom. The third kappa shape index (κ3) is 5.71. The standard InChI is InChI=1S/C42H24N6S2/c43-25-26-14-16-27(17-15-26)28-18-20-30(21-19-28)39-46-38(29-8-2-1-3-9-29)47-40(48-39)31-22-32(41-44-34-10-4-6-12-36(34)49-41)24-33(23-31)42-45-35-11-5-7-13-37(35)50-42/h1-24H. The third-order valence-electron chi connectivity index (χ3n) is 8.43. The summed E-state index contributed by atoms with van der Waals surface area (Å²) in [5, 5.41) is 11.0. The SMILES string of the molecule is N#Cc1ccc(-c2ccc(-c3nc(-c4ccccc4)nc(-c4cc(-c5nc6ccccc6s5)cc(-c5nc6ccccc6s5)c4)n3)cc2)cc1. The summed E-state index contributed by atoms with van der Waals surface area (Å²) in [6.45, 7) is 0. The smallest absolute Gasteiger partial charge is 0.164 e. The molecule has 0 bridgehead atoms. The summed E-state index contributed by atoms with van der Waals surface area (Å²) >= 11 is 3.34. The summed E-state index contributed by atoms with van der Waals surface area (Å²) in [5.41, 5.74) is 9.24. The van der Waals surface area contributed by atoms with Gasteiger partial charge in [-0.25, -0.2) is 24.9 Å². The molecule has 6 nitrogen and oxygen atoms in total. The second kappa shape index (κ2) is 12.6. The van der Waals surface area contributed by atoms with Crippen LogP contribution in [0.1, 0.15) is 5.56 Å². The van der Waals surface area contributed by atoms with Crippen LogP contribution in [0.25, 0.3) is 86.9 Å². The van der Waals surface area contributed by atoms with Crippen LogP contribution in [0.15, 0.2) is 146 Å². The van der Waals surface area contributed by atoms with Gasteiger partial charge in [0.25, 0.3) is 0 Å². The number of nitriles is 1. The van der Waals surface area contributed by atoms with Gasteiger partial charge in [-0.2, -0.15) is 5.26 Å². The van der Waals surface area contributed by atoms with E-state index in [-0.39, 0.29) is 0 Å². The lowest BCUT2D eigenvalue weighted by Crippen LogP contribution is -2.00. The zero-order valence-electron chi connectivity index (χ0n) is 26.4. The number of aromatic nitrogens is 5. The molecule has 234 valence electrons. The fraction of sp³-hybridized carbons (Fsp3) is 0. The van der Waals surface area contributed by atoms with Gasteiger partial charge in [0.05, 0.1) is 32.1 Å². The Kier molecular flexibility index (Phi) is 7.47. The number of hydrogen-bond acceptors (Lipinski definition) is 8. The minimum absolute atomic E-state index is 0.565. The maximum absolute atomic E-state index is 9.20. The van der Waals surface area contributed by atoms with E-state index in [0.717, 1.165) is 69.4 Å². The summed E-state index contributed by atoms with van der Waals surface area (Å²) in [4.78, 5) is 25.1. The fourth-order valence-corrected chi connectivity index (χ4v) is 7.80. The Morgan fingerprint density at radius 3 is 1.32 bits per heavy atom. The molecule has 0 amide bonds. The molecule has 9 aromatic rings. The Balaban J connectivity index is 1.21. The number of benzene rings is 6. The minimum Gasteiger partial charge on any atom is -0.236 e. The number of rotatable bonds is 6. The molecule has 0 atom stereocenters. The van der Waals surface area contributed by atoms with E-state index < -0.39 is 0 Å². The van der Waals surface area contributed by atoms with Crippen LogP contribution in [0.4, 0.5) is 0 Å². The minimum atomic E-state index is 0.565. The summed E-state index contributed by atoms with van der Waals surface area (Å²) in [5.74, 6) is 1.73. The van der Waals surface area contributed by atoms with Gasteiger partial charge in [-0.1, -0.05) is 91.0 Å². The van der Waals surface area contributed by atoms with Gasteiger partial charge < -0.3 is 0 Å². The van der Waals surface area contributed by atoms with Gasteiger partial charge in [0.1, 0.15) is 10.0 Å². The summed E-state index contributed by atoms with van der Waals surface area (Å²) in [6, 6.07) is 50.8. The van der Waals surface area contributed by atoms with Crippen molar-refractivity contribution >= 4 is 43.1 Å². The van der Waals surface area contributed by atoms with E-state index in [1.807, 2.05) is 103 Å². The van der Waals surface area contributed by atoms with Gasteiger partial charge in [0.15, 0.2) is 17.5 Å². The van der Waals surface area contributed by atoms with Crippen molar-refractivity contribution < 1.29 is 0 Å². The average molecular weight is 677 g/mol. The lowest BCUT2D eigenvalue weighted by molar-refractivity contribution is 1.07. The lowest BCUT2D eigenvalue weighted by Gasteiger charge is -2.11. The lowest BCUT2D eigenvalue weighted by atomic mass is 10.0. The first-order chi connectivity index (χ1) is 24.7. The van der Waals surface area contributed by atoms with E-state index in [0.29, 0.717) is 23.0 Å². The molecule has 9 rings (SSSR count). The summed E-state index contributed by atoms with van der Waals surface area (Å²) < 4.78 is 2.26. The van der Waals surface area contributed by atoms with Crippen LogP contribution in [0.5, 0.6) is 0 Å². The highest BCUT2D eigenvalue weighted by atomic mass is 32.1. The molecule has 0 aliphatic rings. The maximum atomic E-state index is 9.20. The normalized spacial score (nSPS) is 11.2. The van der Waals surface area contributed by atoms with E-state index in [2.05, 4.69) is 48.5 Å². The molecular formula is C42H24N6S2. The van der Waals surface area contributed by atoms with Crippen molar-refractivity contribution in [2.45, 2.75) is 0 Å². The number of thiazole rings is 2. The molecule has 0 aliphatic heterocycles. The molecule has 0 fully saturated rings. The number of nitrogens with zero attached hydrogens (tertiary/aromatic N) is 6. The molecule has 50 heavy (non-hydrogen) atoms. The van der Waals surface area contributed by atoms with Gasteiger partial charge in [0.2, 0.25) is 0 Å². The predicted molar refractivity (Wildman–Crippen MR) is 204 cm³/mol. The van der Waals surface area contributed by atoms with Crippen molar-refractivity contribution in [3.8, 4) is 72.5 Å². The van der Waals surface area contributed by atoms with E-state index in [4.69, 9.17) is 24.9 Å². The van der Waals surface area contributed by atoms with Gasteiger partial charge >= 0.3 is 0 Å². The van der Waals surface area contributed by atoms with Gasteiger partial charge in [-0.3, -0.25) is 0 Å². The molecule has 0 saturated heterocycles. The molecule has 0 saturated carbocycles. The van der Waals surface area contributed by atoms with Crippen LogP contribution in [0.3, 0.4) is 0 Å². The largest absolute Gasteiger partial charge is 0.236 e. The highest BCUT2D eigenvalue weighted by Crippen LogP contribution is 2.38. The van der Waals surface area contributed by atoms with Gasteiger partial charge in [-0.05, 0) is 65.7 Å². The molecule has 0 aliphatic carbocycles. The number of fused-ring (bicyclic) bond motifs is 2. The van der Waals surface area contributed by atoms with Crippen molar-refractivity contribution in [3.63, 3.8) is 0 Å². The summed E-state index contributed by atoms with van der Waals surface area (Å²) in [6.07, 6.45) is 0. The van der Waals surface area contributed by atoms with Crippen molar-refractivity contribution in [3.05, 3.63) is 151 Å². The highest BCUT2D eigenvalue weighted by molar-refractivity contribution is 7.22. The molecule has 3 aromatic heterocycles. The Hall–Kier alpha value is -6.40. The molecule has 8 heteroatoms. The van der Waals surface area contributed by atoms with Crippen molar-refractivity contribution in [2.24, 2.45) is 0 Å². The average Bonchev–Trinajstić information content (AvgIpc) is 3.83. The van der Waals surface area contributed by atoms with Crippen LogP contribution < -0.4 is 0 Å². The quantitative estimate of drug-likeness (QED) is 0.174. The Bertz CT molecular complexity index is 2550. The van der Waals surface area contributed by atoms with Crippen LogP contribution in [0.2, 0.25) is 0 Å². The Labute approximate surface area is 295 Å². The number of para-hydroxylation sites is 2. The first-order valence-electron chi connectivity index (χ1n) is 16.0. The molecule has 0 radical (unpaired) electrons. The second-order valence-corrected chi connectivity index (χ2v) is 13.8. The van der Waals surface area contributed by atoms with Crippen LogP contribution >= 0.6 is 22.7 Å². The summed E-state index contributed by atoms with van der Waals surface area (Å²) in [7, 11) is 0. The third-order valence-corrected chi connectivity index (χ3v) is 10.6. The van der Waals surface area contributed by atoms with Crippen LogP contribution in [-0.4, -0.2) is 24.9 Å². The second-order valence-electron chi connectivity index (χ2n) is 11.7. The predicted octanol–water partition coefficient (Wildman–Crippen LogP) is 11.0. The monoisotopic (exact) mass is 676 g/mol. The first-order valence-corrected chi connectivity index (χ1v) is 17.6. The Morgan fingerprint density at radius 2 is 0.800 bits per heavy atom. The molecule has 3 heterocycles. The van der Waals surface area contributed by atoms with Gasteiger partial charge in [0, 0.05) is 27.8 Å². The van der Waals surface area contributed by atoms with E-state index >= 15 is 0 Å². The zero-order valence-corrected chi connectivity index (χ0v) is 28.0. The van der Waals surface area contributed by atoms with E-state index in [9.17, 15) is 5.26 Å². The van der Waals surface area contributed by atoms with Crippen LogP contribution in [-0.2, 0) is 0 Å². The fourth-order valence-electron chi connectivity index (χ4n) is 5.89. The highest BCUT2D eigenvalue weighted by Gasteiger charge is 2.17. The van der Waals surface area contributed by atoms with Crippen LogP contribution in [0, 0.1) is 11.3 Å².